The highest BCUT2D eigenvalue weighted by atomic mass is 19.3. The fourth-order valence-corrected chi connectivity index (χ4v) is 1.10. The molecule has 80 valence electrons. The summed E-state index contributed by atoms with van der Waals surface area (Å²) in [4.78, 5) is 0. The number of rotatable bonds is 7. The van der Waals surface area contributed by atoms with Crippen LogP contribution in [0, 0.1) is 5.92 Å². The van der Waals surface area contributed by atoms with Crippen LogP contribution in [-0.4, -0.2) is 30.7 Å². The zero-order valence-electron chi connectivity index (χ0n) is 8.26. The van der Waals surface area contributed by atoms with Crippen molar-refractivity contribution in [2.75, 3.05) is 13.1 Å². The maximum Gasteiger partial charge on any atom is 0.265 e. The lowest BCUT2D eigenvalue weighted by atomic mass is 10.0. The van der Waals surface area contributed by atoms with Gasteiger partial charge in [-0.3, -0.25) is 0 Å². The van der Waals surface area contributed by atoms with Gasteiger partial charge < -0.3 is 10.4 Å². The summed E-state index contributed by atoms with van der Waals surface area (Å²) >= 11 is 0. The van der Waals surface area contributed by atoms with Crippen molar-refractivity contribution in [1.82, 2.24) is 5.32 Å². The summed E-state index contributed by atoms with van der Waals surface area (Å²) in [6.07, 6.45) is -2.11. The lowest BCUT2D eigenvalue weighted by Crippen LogP contribution is -2.34. The predicted molar refractivity (Wildman–Crippen MR) is 49.0 cm³/mol. The highest BCUT2D eigenvalue weighted by Gasteiger charge is 2.16. The van der Waals surface area contributed by atoms with Gasteiger partial charge in [-0.2, -0.15) is 0 Å². The molecular weight excluding hydrogens is 176 g/mol. The Balaban J connectivity index is 3.43. The number of hydrogen-bond donors (Lipinski definition) is 2. The van der Waals surface area contributed by atoms with Gasteiger partial charge in [0.15, 0.2) is 0 Å². The van der Waals surface area contributed by atoms with Crippen LogP contribution < -0.4 is 5.32 Å². The summed E-state index contributed by atoms with van der Waals surface area (Å²) in [7, 11) is 0. The van der Waals surface area contributed by atoms with E-state index in [1.54, 1.807) is 0 Å². The van der Waals surface area contributed by atoms with Gasteiger partial charge in [-0.1, -0.05) is 26.7 Å². The van der Waals surface area contributed by atoms with Crippen LogP contribution in [0.4, 0.5) is 8.78 Å². The normalized spacial score (nSPS) is 14.1. The van der Waals surface area contributed by atoms with Crippen LogP contribution in [0.1, 0.15) is 26.7 Å². The van der Waals surface area contributed by atoms with Gasteiger partial charge >= 0.3 is 0 Å². The fraction of sp³-hybridized carbons (Fsp3) is 1.00. The molecule has 0 saturated heterocycles. The van der Waals surface area contributed by atoms with Gasteiger partial charge in [0.05, 0.1) is 0 Å². The van der Waals surface area contributed by atoms with Gasteiger partial charge in [0, 0.05) is 6.54 Å². The number of aliphatic hydroxyl groups is 1. The maximum atomic E-state index is 11.8. The summed E-state index contributed by atoms with van der Waals surface area (Å²) in [5.74, 6) is 0.518. The molecule has 0 aromatic rings. The SMILES string of the molecule is CCC(CC)CNCC(O)C(F)F. The van der Waals surface area contributed by atoms with Crippen molar-refractivity contribution in [3.05, 3.63) is 0 Å². The first-order valence-electron chi connectivity index (χ1n) is 4.78. The van der Waals surface area contributed by atoms with E-state index in [0.29, 0.717) is 12.5 Å². The minimum Gasteiger partial charge on any atom is -0.386 e. The number of hydrogen-bond acceptors (Lipinski definition) is 2. The monoisotopic (exact) mass is 195 g/mol. The third-order valence-electron chi connectivity index (χ3n) is 2.23. The molecule has 0 fully saturated rings. The van der Waals surface area contributed by atoms with E-state index in [2.05, 4.69) is 19.2 Å². The van der Waals surface area contributed by atoms with Crippen molar-refractivity contribution in [2.45, 2.75) is 39.2 Å². The Morgan fingerprint density at radius 1 is 1.15 bits per heavy atom. The van der Waals surface area contributed by atoms with Crippen molar-refractivity contribution >= 4 is 0 Å². The van der Waals surface area contributed by atoms with Crippen LogP contribution in [0.15, 0.2) is 0 Å². The molecule has 0 bridgehead atoms. The summed E-state index contributed by atoms with van der Waals surface area (Å²) in [5, 5.41) is 11.6. The minimum absolute atomic E-state index is 0.0197. The molecule has 2 nitrogen and oxygen atoms in total. The lowest BCUT2D eigenvalue weighted by Gasteiger charge is -2.15. The largest absolute Gasteiger partial charge is 0.386 e. The first-order valence-corrected chi connectivity index (χ1v) is 4.78. The molecule has 0 aromatic heterocycles. The van der Waals surface area contributed by atoms with Crippen molar-refractivity contribution in [3.8, 4) is 0 Å². The number of aliphatic hydroxyl groups excluding tert-OH is 1. The van der Waals surface area contributed by atoms with E-state index in [4.69, 9.17) is 5.11 Å². The third-order valence-corrected chi connectivity index (χ3v) is 2.23. The molecule has 0 rings (SSSR count). The number of halogens is 2. The first-order chi connectivity index (χ1) is 6.11. The zero-order chi connectivity index (χ0) is 10.3. The molecule has 0 aliphatic heterocycles. The second-order valence-corrected chi connectivity index (χ2v) is 3.24. The second kappa shape index (κ2) is 7.21. The Hall–Kier alpha value is -0.220. The highest BCUT2D eigenvalue weighted by molar-refractivity contribution is 4.64. The average molecular weight is 195 g/mol. The molecular formula is C9H19F2NO. The van der Waals surface area contributed by atoms with E-state index in [1.165, 1.54) is 0 Å². The van der Waals surface area contributed by atoms with Crippen LogP contribution in [0.3, 0.4) is 0 Å². The van der Waals surface area contributed by atoms with E-state index < -0.39 is 12.5 Å². The number of alkyl halides is 2. The topological polar surface area (TPSA) is 32.3 Å². The summed E-state index contributed by atoms with van der Waals surface area (Å²) in [6, 6.07) is 0. The molecule has 0 radical (unpaired) electrons. The van der Waals surface area contributed by atoms with E-state index in [0.717, 1.165) is 12.8 Å². The van der Waals surface area contributed by atoms with Gasteiger partial charge in [0.25, 0.3) is 6.43 Å². The van der Waals surface area contributed by atoms with E-state index in [9.17, 15) is 8.78 Å². The minimum atomic E-state index is -2.64. The van der Waals surface area contributed by atoms with Crippen LogP contribution in [0.5, 0.6) is 0 Å². The van der Waals surface area contributed by atoms with E-state index >= 15 is 0 Å². The Kier molecular flexibility index (Phi) is 7.09. The Labute approximate surface area is 78.3 Å². The Morgan fingerprint density at radius 3 is 2.08 bits per heavy atom. The average Bonchev–Trinajstić information content (AvgIpc) is 2.12. The van der Waals surface area contributed by atoms with Crippen LogP contribution in [0.25, 0.3) is 0 Å². The van der Waals surface area contributed by atoms with Crippen molar-refractivity contribution in [1.29, 1.82) is 0 Å². The highest BCUT2D eigenvalue weighted by Crippen LogP contribution is 2.05. The fourth-order valence-electron chi connectivity index (χ4n) is 1.10. The van der Waals surface area contributed by atoms with Crippen molar-refractivity contribution in [3.63, 3.8) is 0 Å². The molecule has 0 aliphatic rings. The molecule has 0 aliphatic carbocycles. The summed E-state index contributed by atoms with van der Waals surface area (Å²) in [5.41, 5.74) is 0. The smallest absolute Gasteiger partial charge is 0.265 e. The molecule has 13 heavy (non-hydrogen) atoms. The molecule has 0 amide bonds. The van der Waals surface area contributed by atoms with Gasteiger partial charge in [-0.05, 0) is 12.5 Å². The molecule has 1 atom stereocenters. The summed E-state index contributed by atoms with van der Waals surface area (Å²) < 4.78 is 23.7. The van der Waals surface area contributed by atoms with Gasteiger partial charge in [-0.15, -0.1) is 0 Å². The first kappa shape index (κ1) is 12.8. The molecule has 4 heteroatoms. The van der Waals surface area contributed by atoms with Gasteiger partial charge in [0.2, 0.25) is 0 Å². The molecule has 0 aromatic carbocycles. The molecule has 0 heterocycles. The zero-order valence-corrected chi connectivity index (χ0v) is 8.26. The van der Waals surface area contributed by atoms with E-state index in [-0.39, 0.29) is 6.54 Å². The third kappa shape index (κ3) is 5.93. The predicted octanol–water partition coefficient (Wildman–Crippen LogP) is 1.64. The Morgan fingerprint density at radius 2 is 1.69 bits per heavy atom. The van der Waals surface area contributed by atoms with Crippen molar-refractivity contribution in [2.24, 2.45) is 5.92 Å². The second-order valence-electron chi connectivity index (χ2n) is 3.24. The van der Waals surface area contributed by atoms with Gasteiger partial charge in [0.1, 0.15) is 6.10 Å². The quantitative estimate of drug-likeness (QED) is 0.647. The molecule has 1 unspecified atom stereocenters. The van der Waals surface area contributed by atoms with E-state index in [1.807, 2.05) is 0 Å². The maximum absolute atomic E-state index is 11.8. The Bertz CT molecular complexity index is 116. The standard InChI is InChI=1S/C9H19F2NO/c1-3-7(4-2)5-12-6-8(13)9(10)11/h7-9,12-13H,3-6H2,1-2H3. The lowest BCUT2D eigenvalue weighted by molar-refractivity contribution is -0.00363. The summed E-state index contributed by atoms with van der Waals surface area (Å²) in [6.45, 7) is 4.82. The molecule has 0 saturated carbocycles. The van der Waals surface area contributed by atoms with Crippen molar-refractivity contribution < 1.29 is 13.9 Å². The molecule has 0 spiro atoms. The number of nitrogens with one attached hydrogen (secondary N) is 1. The van der Waals surface area contributed by atoms with Crippen LogP contribution in [0.2, 0.25) is 0 Å². The molecule has 2 N–H and O–H groups in total. The van der Waals surface area contributed by atoms with Crippen LogP contribution >= 0.6 is 0 Å². The van der Waals surface area contributed by atoms with Gasteiger partial charge in [-0.25, -0.2) is 8.78 Å². The van der Waals surface area contributed by atoms with Crippen LogP contribution in [-0.2, 0) is 0 Å².